The Morgan fingerprint density at radius 1 is 1.08 bits per heavy atom. The molecule has 0 saturated carbocycles. The van der Waals surface area contributed by atoms with Crippen molar-refractivity contribution in [2.24, 2.45) is 0 Å². The number of methoxy groups -OCH3 is 1. The molecule has 1 saturated heterocycles. The second kappa shape index (κ2) is 9.41. The maximum Gasteiger partial charge on any atom is 0.270 e. The zero-order chi connectivity index (χ0) is 25.6. The molecule has 0 N–H and O–H groups in total. The van der Waals surface area contributed by atoms with Crippen LogP contribution in [-0.2, 0) is 17.7 Å². The lowest BCUT2D eigenvalue weighted by atomic mass is 9.93. The molecular formula is C28H33N3O4S. The molecule has 0 atom stereocenters. The standard InChI is InChI=1S/C28H33N3O4S/c1-28(2,3)29(4)27(33)22-17-21(24-7-6-14-36-24)25-19-16-20(26(32)30-10-12-35-13-11-30)23(34-5)15-18(19)8-9-31(22)25/h6-7,14-17H,8-13H2,1-5H3. The van der Waals surface area contributed by atoms with Gasteiger partial charge < -0.3 is 23.8 Å². The van der Waals surface area contributed by atoms with E-state index in [0.29, 0.717) is 49.9 Å². The molecule has 0 radical (unpaired) electrons. The molecular weight excluding hydrogens is 474 g/mol. The summed E-state index contributed by atoms with van der Waals surface area (Å²) in [6.07, 6.45) is 0.753. The molecule has 2 amide bonds. The van der Waals surface area contributed by atoms with Gasteiger partial charge in [0.05, 0.1) is 31.6 Å². The Balaban J connectivity index is 1.68. The van der Waals surface area contributed by atoms with Crippen LogP contribution in [0.15, 0.2) is 35.7 Å². The van der Waals surface area contributed by atoms with Crippen LogP contribution < -0.4 is 4.74 Å². The van der Waals surface area contributed by atoms with Crippen molar-refractivity contribution in [3.63, 3.8) is 0 Å². The molecule has 2 aromatic heterocycles. The smallest absolute Gasteiger partial charge is 0.270 e. The Morgan fingerprint density at radius 3 is 2.47 bits per heavy atom. The maximum absolute atomic E-state index is 13.7. The van der Waals surface area contributed by atoms with E-state index in [0.717, 1.165) is 33.7 Å². The van der Waals surface area contributed by atoms with Crippen LogP contribution in [0.3, 0.4) is 0 Å². The number of aryl methyl sites for hydroxylation is 1. The first-order chi connectivity index (χ1) is 17.2. The summed E-state index contributed by atoms with van der Waals surface area (Å²) in [6, 6.07) is 10.1. The van der Waals surface area contributed by atoms with Crippen molar-refractivity contribution in [3.05, 3.63) is 52.5 Å². The number of hydrogen-bond donors (Lipinski definition) is 0. The zero-order valence-electron chi connectivity index (χ0n) is 21.6. The molecule has 1 fully saturated rings. The third-order valence-corrected chi connectivity index (χ3v) is 8.13. The molecule has 5 rings (SSSR count). The lowest BCUT2D eigenvalue weighted by Crippen LogP contribution is -2.43. The van der Waals surface area contributed by atoms with Gasteiger partial charge in [-0.05, 0) is 62.4 Å². The number of thiophene rings is 1. The van der Waals surface area contributed by atoms with Crippen LogP contribution in [0.25, 0.3) is 21.7 Å². The zero-order valence-corrected chi connectivity index (χ0v) is 22.4. The van der Waals surface area contributed by atoms with Crippen LogP contribution in [0.2, 0.25) is 0 Å². The van der Waals surface area contributed by atoms with E-state index in [1.165, 1.54) is 0 Å². The van der Waals surface area contributed by atoms with Gasteiger partial charge in [0.1, 0.15) is 11.4 Å². The molecule has 36 heavy (non-hydrogen) atoms. The molecule has 2 aliphatic heterocycles. The molecule has 7 nitrogen and oxygen atoms in total. The Bertz CT molecular complexity index is 1300. The van der Waals surface area contributed by atoms with Crippen LogP contribution in [0.5, 0.6) is 5.75 Å². The molecule has 0 spiro atoms. The minimum Gasteiger partial charge on any atom is -0.496 e. The highest BCUT2D eigenvalue weighted by Gasteiger charge is 2.33. The maximum atomic E-state index is 13.7. The molecule has 0 aliphatic carbocycles. The fraction of sp³-hybridized carbons (Fsp3) is 0.429. The van der Waals surface area contributed by atoms with E-state index in [1.54, 1.807) is 23.3 Å². The van der Waals surface area contributed by atoms with Crippen molar-refractivity contribution in [3.8, 4) is 27.4 Å². The third kappa shape index (κ3) is 4.22. The normalized spacial score (nSPS) is 15.3. The van der Waals surface area contributed by atoms with E-state index in [-0.39, 0.29) is 17.4 Å². The molecule has 190 valence electrons. The number of hydrogen-bond acceptors (Lipinski definition) is 5. The second-order valence-corrected chi connectivity index (χ2v) is 11.3. The third-order valence-electron chi connectivity index (χ3n) is 7.23. The van der Waals surface area contributed by atoms with Crippen LogP contribution in [0.4, 0.5) is 0 Å². The number of fused-ring (bicyclic) bond motifs is 3. The Hall–Kier alpha value is -3.10. The summed E-state index contributed by atoms with van der Waals surface area (Å²) in [6.45, 7) is 9.00. The fourth-order valence-corrected chi connectivity index (χ4v) is 5.64. The summed E-state index contributed by atoms with van der Waals surface area (Å²) >= 11 is 1.65. The minimum absolute atomic E-state index is 0.00636. The molecule has 2 aliphatic rings. The van der Waals surface area contributed by atoms with Gasteiger partial charge in [0.2, 0.25) is 0 Å². The van der Waals surface area contributed by atoms with Gasteiger partial charge in [0.25, 0.3) is 11.8 Å². The van der Waals surface area contributed by atoms with E-state index in [2.05, 4.69) is 10.6 Å². The van der Waals surface area contributed by atoms with Crippen molar-refractivity contribution in [1.29, 1.82) is 0 Å². The highest BCUT2D eigenvalue weighted by Crippen LogP contribution is 2.44. The Labute approximate surface area is 216 Å². The number of morpholine rings is 1. The van der Waals surface area contributed by atoms with Gasteiger partial charge in [-0.25, -0.2) is 0 Å². The van der Waals surface area contributed by atoms with Gasteiger partial charge in [-0.1, -0.05) is 6.07 Å². The highest BCUT2D eigenvalue weighted by molar-refractivity contribution is 7.13. The molecule has 0 unspecified atom stereocenters. The lowest BCUT2D eigenvalue weighted by Gasteiger charge is -2.33. The van der Waals surface area contributed by atoms with Crippen molar-refractivity contribution in [2.75, 3.05) is 40.5 Å². The van der Waals surface area contributed by atoms with Crippen molar-refractivity contribution in [2.45, 2.75) is 39.3 Å². The van der Waals surface area contributed by atoms with Gasteiger partial charge in [-0.2, -0.15) is 0 Å². The summed E-state index contributed by atoms with van der Waals surface area (Å²) < 4.78 is 13.3. The first-order valence-corrected chi connectivity index (χ1v) is 13.2. The summed E-state index contributed by atoms with van der Waals surface area (Å²) in [4.78, 5) is 31.9. The van der Waals surface area contributed by atoms with Gasteiger partial charge >= 0.3 is 0 Å². The first-order valence-electron chi connectivity index (χ1n) is 12.3. The van der Waals surface area contributed by atoms with Gasteiger partial charge in [0.15, 0.2) is 0 Å². The van der Waals surface area contributed by atoms with E-state index in [9.17, 15) is 9.59 Å². The predicted molar refractivity (Wildman–Crippen MR) is 142 cm³/mol. The molecule has 3 aromatic rings. The van der Waals surface area contributed by atoms with Crippen LogP contribution in [-0.4, -0.2) is 72.2 Å². The number of ether oxygens (including phenoxy) is 2. The van der Waals surface area contributed by atoms with Gasteiger partial charge in [0, 0.05) is 48.2 Å². The van der Waals surface area contributed by atoms with Crippen molar-refractivity contribution >= 4 is 23.2 Å². The van der Waals surface area contributed by atoms with E-state index >= 15 is 0 Å². The van der Waals surface area contributed by atoms with Gasteiger partial charge in [-0.15, -0.1) is 11.3 Å². The average molecular weight is 508 g/mol. The Kier molecular flexibility index (Phi) is 6.43. The van der Waals surface area contributed by atoms with Gasteiger partial charge in [-0.3, -0.25) is 9.59 Å². The first kappa shape index (κ1) is 24.6. The largest absolute Gasteiger partial charge is 0.496 e. The minimum atomic E-state index is -0.303. The fourth-order valence-electron chi connectivity index (χ4n) is 4.90. The number of carbonyl (C=O) groups excluding carboxylic acids is 2. The van der Waals surface area contributed by atoms with E-state index < -0.39 is 0 Å². The predicted octanol–water partition coefficient (Wildman–Crippen LogP) is 4.79. The SMILES string of the molecule is COc1cc2c(cc1C(=O)N1CCOCC1)-c1c(-c3cccs3)cc(C(=O)N(C)C(C)(C)C)n1CC2. The topological polar surface area (TPSA) is 64.0 Å². The number of rotatable bonds is 4. The lowest BCUT2D eigenvalue weighted by molar-refractivity contribution is 0.0301. The Morgan fingerprint density at radius 2 is 1.83 bits per heavy atom. The number of carbonyl (C=O) groups is 2. The summed E-state index contributed by atoms with van der Waals surface area (Å²) in [5, 5.41) is 2.05. The highest BCUT2D eigenvalue weighted by atomic mass is 32.1. The summed E-state index contributed by atoms with van der Waals surface area (Å²) in [5.74, 6) is 0.530. The summed E-state index contributed by atoms with van der Waals surface area (Å²) in [5.41, 5.74) is 5.03. The van der Waals surface area contributed by atoms with E-state index in [4.69, 9.17) is 9.47 Å². The number of nitrogens with zero attached hydrogens (tertiary/aromatic N) is 3. The van der Waals surface area contributed by atoms with Crippen LogP contribution in [0.1, 0.15) is 47.2 Å². The van der Waals surface area contributed by atoms with Crippen LogP contribution >= 0.6 is 11.3 Å². The number of amides is 2. The van der Waals surface area contributed by atoms with E-state index in [1.807, 2.05) is 62.4 Å². The molecule has 0 bridgehead atoms. The van der Waals surface area contributed by atoms with Crippen molar-refractivity contribution in [1.82, 2.24) is 14.4 Å². The quantitative estimate of drug-likeness (QED) is 0.509. The molecule has 8 heteroatoms. The number of benzene rings is 1. The molecule has 1 aromatic carbocycles. The molecule has 4 heterocycles. The second-order valence-electron chi connectivity index (χ2n) is 10.3. The average Bonchev–Trinajstić information content (AvgIpc) is 3.54. The monoisotopic (exact) mass is 507 g/mol. The number of aromatic nitrogens is 1. The van der Waals surface area contributed by atoms with Crippen LogP contribution in [0, 0.1) is 0 Å². The van der Waals surface area contributed by atoms with Crippen molar-refractivity contribution < 1.29 is 19.1 Å². The summed E-state index contributed by atoms with van der Waals surface area (Å²) in [7, 11) is 3.47.